The van der Waals surface area contributed by atoms with E-state index in [0.717, 1.165) is 13.0 Å². The van der Waals surface area contributed by atoms with Crippen LogP contribution in [0.1, 0.15) is 20.3 Å². The number of aliphatic hydroxyl groups is 2. The van der Waals surface area contributed by atoms with Gasteiger partial charge in [-0.3, -0.25) is 9.59 Å². The molecular formula is C13H14O6. The topological polar surface area (TPSA) is 112 Å². The molecule has 0 aromatic heterocycles. The first-order valence-corrected chi connectivity index (χ1v) is 5.48. The van der Waals surface area contributed by atoms with Crippen LogP contribution in [0.3, 0.4) is 0 Å². The Hall–Kier alpha value is -2.21. The molecule has 0 saturated carbocycles. The van der Waals surface area contributed by atoms with Gasteiger partial charge in [0.15, 0.2) is 17.2 Å². The molecule has 6 nitrogen and oxygen atoms in total. The standard InChI is InChI=1S/C13H14O6/c1-7(14)10-5-9(3-4-11(16)17)6-13(19,8(2)15)12(10)18/h3-5,18-19H,6H2,1-2H3,(H,16,17)/b4-3+. The van der Waals surface area contributed by atoms with Crippen LogP contribution in [-0.2, 0) is 14.4 Å². The molecule has 1 aliphatic carbocycles. The smallest absolute Gasteiger partial charge is 0.328 e. The van der Waals surface area contributed by atoms with Crippen molar-refractivity contribution in [3.8, 4) is 0 Å². The lowest BCUT2D eigenvalue weighted by atomic mass is 9.81. The van der Waals surface area contributed by atoms with Gasteiger partial charge in [0.05, 0.1) is 5.57 Å². The molecule has 1 unspecified atom stereocenters. The predicted octanol–water partition coefficient (Wildman–Crippen LogP) is 0.679. The molecule has 0 heterocycles. The highest BCUT2D eigenvalue weighted by Gasteiger charge is 2.42. The Kier molecular flexibility index (Phi) is 4.06. The Balaban J connectivity index is 3.34. The quantitative estimate of drug-likeness (QED) is 0.645. The molecule has 0 aromatic carbocycles. The number of aliphatic carboxylic acids is 1. The van der Waals surface area contributed by atoms with Crippen molar-refractivity contribution in [2.75, 3.05) is 0 Å². The molecule has 1 aliphatic rings. The summed E-state index contributed by atoms with van der Waals surface area (Å²) < 4.78 is 0. The fraction of sp³-hybridized carbons (Fsp3) is 0.308. The van der Waals surface area contributed by atoms with Crippen molar-refractivity contribution in [1.29, 1.82) is 0 Å². The summed E-state index contributed by atoms with van der Waals surface area (Å²) in [4.78, 5) is 33.3. The zero-order valence-corrected chi connectivity index (χ0v) is 10.5. The van der Waals surface area contributed by atoms with Crippen LogP contribution in [0.2, 0.25) is 0 Å². The van der Waals surface area contributed by atoms with Gasteiger partial charge in [0.2, 0.25) is 0 Å². The Morgan fingerprint density at radius 2 is 1.89 bits per heavy atom. The van der Waals surface area contributed by atoms with Crippen LogP contribution < -0.4 is 0 Å². The van der Waals surface area contributed by atoms with Crippen LogP contribution in [0.15, 0.2) is 35.1 Å². The fourth-order valence-corrected chi connectivity index (χ4v) is 1.75. The lowest BCUT2D eigenvalue weighted by Gasteiger charge is -2.29. The molecule has 0 saturated heterocycles. The van der Waals surface area contributed by atoms with Crippen molar-refractivity contribution in [1.82, 2.24) is 0 Å². The van der Waals surface area contributed by atoms with E-state index in [0.29, 0.717) is 0 Å². The van der Waals surface area contributed by atoms with Gasteiger partial charge in [-0.05, 0) is 25.5 Å². The minimum Gasteiger partial charge on any atom is -0.508 e. The van der Waals surface area contributed by atoms with Crippen LogP contribution in [0.25, 0.3) is 0 Å². The average Bonchev–Trinajstić information content (AvgIpc) is 2.29. The molecule has 0 spiro atoms. The monoisotopic (exact) mass is 266 g/mol. The summed E-state index contributed by atoms with van der Waals surface area (Å²) in [6, 6.07) is 0. The number of carbonyl (C=O) groups is 3. The third kappa shape index (κ3) is 2.97. The molecule has 0 aromatic rings. The summed E-state index contributed by atoms with van der Waals surface area (Å²) >= 11 is 0. The van der Waals surface area contributed by atoms with Crippen LogP contribution >= 0.6 is 0 Å². The average molecular weight is 266 g/mol. The van der Waals surface area contributed by atoms with E-state index in [9.17, 15) is 24.6 Å². The minimum atomic E-state index is -2.19. The SMILES string of the molecule is CC(=O)C1=C(O)C(O)(C(C)=O)CC(/C=C/C(=O)O)=C1. The zero-order chi connectivity index (χ0) is 14.8. The van der Waals surface area contributed by atoms with Gasteiger partial charge in [-0.1, -0.05) is 6.08 Å². The van der Waals surface area contributed by atoms with Gasteiger partial charge in [0, 0.05) is 12.5 Å². The maximum atomic E-state index is 11.5. The molecule has 19 heavy (non-hydrogen) atoms. The van der Waals surface area contributed by atoms with Crippen LogP contribution in [-0.4, -0.2) is 38.5 Å². The number of carboxylic acids is 1. The Labute approximate surface area is 109 Å². The van der Waals surface area contributed by atoms with E-state index < -0.39 is 28.9 Å². The molecule has 0 amide bonds. The lowest BCUT2D eigenvalue weighted by molar-refractivity contribution is -0.134. The third-order valence-corrected chi connectivity index (χ3v) is 2.84. The summed E-state index contributed by atoms with van der Waals surface area (Å²) in [5.41, 5.74) is -2.12. The number of allylic oxidation sites excluding steroid dienone is 3. The van der Waals surface area contributed by atoms with E-state index in [1.807, 2.05) is 0 Å². The van der Waals surface area contributed by atoms with E-state index in [2.05, 4.69) is 0 Å². The van der Waals surface area contributed by atoms with Crippen molar-refractivity contribution >= 4 is 17.5 Å². The van der Waals surface area contributed by atoms with Gasteiger partial charge in [0.25, 0.3) is 0 Å². The second-order valence-electron chi connectivity index (χ2n) is 4.30. The molecule has 1 rings (SSSR count). The van der Waals surface area contributed by atoms with Crippen LogP contribution in [0.4, 0.5) is 0 Å². The van der Waals surface area contributed by atoms with Gasteiger partial charge in [-0.15, -0.1) is 0 Å². The van der Waals surface area contributed by atoms with Gasteiger partial charge in [-0.25, -0.2) is 4.79 Å². The Morgan fingerprint density at radius 1 is 1.32 bits per heavy atom. The van der Waals surface area contributed by atoms with Crippen molar-refractivity contribution in [3.63, 3.8) is 0 Å². The minimum absolute atomic E-state index is 0.200. The molecule has 0 bridgehead atoms. The van der Waals surface area contributed by atoms with E-state index in [4.69, 9.17) is 5.11 Å². The van der Waals surface area contributed by atoms with Crippen molar-refractivity contribution in [2.24, 2.45) is 0 Å². The predicted molar refractivity (Wildman–Crippen MR) is 65.4 cm³/mol. The Morgan fingerprint density at radius 3 is 2.32 bits per heavy atom. The van der Waals surface area contributed by atoms with E-state index in [1.165, 1.54) is 19.1 Å². The molecule has 3 N–H and O–H groups in total. The highest BCUT2D eigenvalue weighted by atomic mass is 16.4. The number of rotatable bonds is 4. The third-order valence-electron chi connectivity index (χ3n) is 2.84. The molecule has 0 fully saturated rings. The zero-order valence-electron chi connectivity index (χ0n) is 10.5. The summed E-state index contributed by atoms with van der Waals surface area (Å²) in [6.45, 7) is 2.25. The number of ketones is 2. The van der Waals surface area contributed by atoms with E-state index in [-0.39, 0.29) is 17.6 Å². The number of Topliss-reactive ketones (excluding diaryl/α,β-unsaturated/α-hetero) is 2. The van der Waals surface area contributed by atoms with Gasteiger partial charge >= 0.3 is 5.97 Å². The summed E-state index contributed by atoms with van der Waals surface area (Å²) in [6.07, 6.45) is 2.97. The summed E-state index contributed by atoms with van der Waals surface area (Å²) in [7, 11) is 0. The Bertz CT molecular complexity index is 537. The maximum absolute atomic E-state index is 11.5. The number of carbonyl (C=O) groups excluding carboxylic acids is 2. The number of hydrogen-bond donors (Lipinski definition) is 3. The normalized spacial score (nSPS) is 23.4. The first-order chi connectivity index (χ1) is 8.68. The number of carboxylic acid groups (broad SMARTS) is 1. The molecular weight excluding hydrogens is 252 g/mol. The number of hydrogen-bond acceptors (Lipinski definition) is 5. The van der Waals surface area contributed by atoms with Gasteiger partial charge in [0.1, 0.15) is 5.76 Å². The molecule has 6 heteroatoms. The number of aliphatic hydroxyl groups excluding tert-OH is 1. The maximum Gasteiger partial charge on any atom is 0.328 e. The molecule has 102 valence electrons. The van der Waals surface area contributed by atoms with Crippen LogP contribution in [0, 0.1) is 0 Å². The van der Waals surface area contributed by atoms with Crippen LogP contribution in [0.5, 0.6) is 0 Å². The van der Waals surface area contributed by atoms with E-state index >= 15 is 0 Å². The lowest BCUT2D eigenvalue weighted by Crippen LogP contribution is -2.42. The second kappa shape index (κ2) is 5.19. The summed E-state index contributed by atoms with van der Waals surface area (Å²) in [5.74, 6) is -3.15. The molecule has 1 atom stereocenters. The van der Waals surface area contributed by atoms with Crippen molar-refractivity contribution in [3.05, 3.63) is 35.1 Å². The largest absolute Gasteiger partial charge is 0.508 e. The highest BCUT2D eigenvalue weighted by molar-refractivity contribution is 6.00. The summed E-state index contributed by atoms with van der Waals surface area (Å²) in [5, 5.41) is 28.5. The molecule has 0 aliphatic heterocycles. The first-order valence-electron chi connectivity index (χ1n) is 5.48. The first kappa shape index (κ1) is 14.8. The van der Waals surface area contributed by atoms with Gasteiger partial charge in [-0.2, -0.15) is 0 Å². The second-order valence-corrected chi connectivity index (χ2v) is 4.30. The van der Waals surface area contributed by atoms with Crippen molar-refractivity contribution in [2.45, 2.75) is 25.9 Å². The molecule has 0 radical (unpaired) electrons. The van der Waals surface area contributed by atoms with E-state index in [1.54, 1.807) is 0 Å². The highest BCUT2D eigenvalue weighted by Crippen LogP contribution is 2.33. The van der Waals surface area contributed by atoms with Gasteiger partial charge < -0.3 is 15.3 Å². The van der Waals surface area contributed by atoms with Crippen molar-refractivity contribution < 1.29 is 29.7 Å². The fourth-order valence-electron chi connectivity index (χ4n) is 1.75.